The molecule has 30 heavy (non-hydrogen) atoms. The molecule has 152 valence electrons. The zero-order chi connectivity index (χ0) is 20.9. The number of rotatable bonds is 6. The van der Waals surface area contributed by atoms with E-state index in [0.717, 1.165) is 25.2 Å². The Bertz CT molecular complexity index is 1030. The highest BCUT2D eigenvalue weighted by Gasteiger charge is 2.25. The van der Waals surface area contributed by atoms with Crippen molar-refractivity contribution in [3.8, 4) is 0 Å². The minimum atomic E-state index is -0.404. The number of nitro groups is 1. The van der Waals surface area contributed by atoms with Gasteiger partial charge in [-0.25, -0.2) is 0 Å². The van der Waals surface area contributed by atoms with Crippen LogP contribution >= 0.6 is 0 Å². The fourth-order valence-corrected chi connectivity index (χ4v) is 3.73. The first-order chi connectivity index (χ1) is 14.6. The maximum Gasteiger partial charge on any atom is 0.293 e. The summed E-state index contributed by atoms with van der Waals surface area (Å²) in [6.07, 6.45) is 3.62. The van der Waals surface area contributed by atoms with Crippen molar-refractivity contribution < 1.29 is 9.72 Å². The molecule has 0 radical (unpaired) electrons. The average Bonchev–Trinajstić information content (AvgIpc) is 2.80. The minimum Gasteiger partial charge on any atom is -0.363 e. The SMILES string of the molecule is O=C(c1ccccc1)c1ccc(N2CCN(Cc3cccnc3)CC2)c([N+](=O)[O-])c1. The zero-order valence-corrected chi connectivity index (χ0v) is 16.5. The standard InChI is InChI=1S/C23H22N4O3/c28-23(19-6-2-1-3-7-19)20-8-9-21(22(15-20)27(29)30)26-13-11-25(12-14-26)17-18-5-4-10-24-16-18/h1-10,15-16H,11-14,17H2. The number of carbonyl (C=O) groups excluding carboxylic acids is 1. The lowest BCUT2D eigenvalue weighted by Gasteiger charge is -2.35. The molecule has 1 aliphatic heterocycles. The van der Waals surface area contributed by atoms with Crippen LogP contribution in [0.5, 0.6) is 0 Å². The van der Waals surface area contributed by atoms with E-state index in [4.69, 9.17) is 0 Å². The van der Waals surface area contributed by atoms with Gasteiger partial charge in [-0.2, -0.15) is 0 Å². The second-order valence-electron chi connectivity index (χ2n) is 7.28. The van der Waals surface area contributed by atoms with Gasteiger partial charge in [-0.3, -0.25) is 24.8 Å². The van der Waals surface area contributed by atoms with E-state index in [1.165, 1.54) is 6.07 Å². The molecule has 0 saturated carbocycles. The van der Waals surface area contributed by atoms with Gasteiger partial charge in [0.1, 0.15) is 5.69 Å². The average molecular weight is 402 g/mol. The summed E-state index contributed by atoms with van der Waals surface area (Å²) in [6, 6.07) is 17.6. The molecule has 0 unspecified atom stereocenters. The zero-order valence-electron chi connectivity index (χ0n) is 16.5. The molecule has 7 nitrogen and oxygen atoms in total. The molecule has 3 aromatic rings. The summed E-state index contributed by atoms with van der Waals surface area (Å²) in [7, 11) is 0. The summed E-state index contributed by atoms with van der Waals surface area (Å²) in [4.78, 5) is 32.5. The summed E-state index contributed by atoms with van der Waals surface area (Å²) < 4.78 is 0. The second kappa shape index (κ2) is 8.84. The molecule has 0 atom stereocenters. The number of hydrogen-bond donors (Lipinski definition) is 0. The van der Waals surface area contributed by atoms with Gasteiger partial charge in [0, 0.05) is 62.3 Å². The Balaban J connectivity index is 1.49. The van der Waals surface area contributed by atoms with Gasteiger partial charge in [0.2, 0.25) is 0 Å². The van der Waals surface area contributed by atoms with Crippen molar-refractivity contribution >= 4 is 17.2 Å². The highest BCUT2D eigenvalue weighted by molar-refractivity contribution is 6.09. The van der Waals surface area contributed by atoms with E-state index in [1.54, 1.807) is 42.6 Å². The van der Waals surface area contributed by atoms with Crippen molar-refractivity contribution in [1.82, 2.24) is 9.88 Å². The van der Waals surface area contributed by atoms with E-state index < -0.39 is 4.92 Å². The number of hydrogen-bond acceptors (Lipinski definition) is 6. The van der Waals surface area contributed by atoms with Gasteiger partial charge in [-0.1, -0.05) is 36.4 Å². The molecular formula is C23H22N4O3. The van der Waals surface area contributed by atoms with Crippen molar-refractivity contribution in [2.75, 3.05) is 31.1 Å². The number of nitrogens with zero attached hydrogens (tertiary/aromatic N) is 4. The minimum absolute atomic E-state index is 0.0301. The van der Waals surface area contributed by atoms with E-state index in [0.29, 0.717) is 29.9 Å². The number of nitro benzene ring substituents is 1. The van der Waals surface area contributed by atoms with Crippen LogP contribution in [-0.4, -0.2) is 46.8 Å². The highest BCUT2D eigenvalue weighted by atomic mass is 16.6. The Kier molecular flexibility index (Phi) is 5.81. The fraction of sp³-hybridized carbons (Fsp3) is 0.217. The van der Waals surface area contributed by atoms with Crippen molar-refractivity contribution in [3.63, 3.8) is 0 Å². The maximum atomic E-state index is 12.7. The molecule has 4 rings (SSSR count). The number of pyridine rings is 1. The fourth-order valence-electron chi connectivity index (χ4n) is 3.73. The van der Waals surface area contributed by atoms with Crippen LogP contribution in [0.4, 0.5) is 11.4 Å². The van der Waals surface area contributed by atoms with Gasteiger partial charge in [0.05, 0.1) is 4.92 Å². The van der Waals surface area contributed by atoms with Crippen LogP contribution in [-0.2, 0) is 6.54 Å². The molecular weight excluding hydrogens is 380 g/mol. The Morgan fingerprint density at radius 1 is 0.967 bits per heavy atom. The van der Waals surface area contributed by atoms with Crippen LogP contribution in [0.1, 0.15) is 21.5 Å². The predicted octanol–water partition coefficient (Wildman–Crippen LogP) is 3.54. The van der Waals surface area contributed by atoms with E-state index in [-0.39, 0.29) is 11.5 Å². The summed E-state index contributed by atoms with van der Waals surface area (Å²) in [5.41, 5.74) is 2.53. The van der Waals surface area contributed by atoms with Crippen LogP contribution in [0.3, 0.4) is 0 Å². The lowest BCUT2D eigenvalue weighted by atomic mass is 10.0. The van der Waals surface area contributed by atoms with E-state index in [1.807, 2.05) is 29.3 Å². The third-order valence-corrected chi connectivity index (χ3v) is 5.31. The monoisotopic (exact) mass is 402 g/mol. The van der Waals surface area contributed by atoms with E-state index >= 15 is 0 Å². The highest BCUT2D eigenvalue weighted by Crippen LogP contribution is 2.31. The quantitative estimate of drug-likeness (QED) is 0.356. The Hall–Kier alpha value is -3.58. The van der Waals surface area contributed by atoms with Crippen molar-refractivity contribution in [1.29, 1.82) is 0 Å². The number of carbonyl (C=O) groups is 1. The van der Waals surface area contributed by atoms with Crippen LogP contribution < -0.4 is 4.90 Å². The lowest BCUT2D eigenvalue weighted by Crippen LogP contribution is -2.46. The van der Waals surface area contributed by atoms with Gasteiger partial charge in [-0.15, -0.1) is 0 Å². The predicted molar refractivity (Wildman–Crippen MR) is 115 cm³/mol. The Morgan fingerprint density at radius 2 is 1.73 bits per heavy atom. The Morgan fingerprint density at radius 3 is 2.40 bits per heavy atom. The van der Waals surface area contributed by atoms with Crippen molar-refractivity contribution in [2.45, 2.75) is 6.54 Å². The smallest absolute Gasteiger partial charge is 0.293 e. The number of benzene rings is 2. The molecule has 0 spiro atoms. The first-order valence-electron chi connectivity index (χ1n) is 9.86. The van der Waals surface area contributed by atoms with Gasteiger partial charge < -0.3 is 4.90 Å². The molecule has 2 heterocycles. The third-order valence-electron chi connectivity index (χ3n) is 5.31. The third kappa shape index (κ3) is 4.36. The van der Waals surface area contributed by atoms with Crippen LogP contribution in [0.15, 0.2) is 73.1 Å². The maximum absolute atomic E-state index is 12.7. The van der Waals surface area contributed by atoms with Crippen molar-refractivity contribution in [3.05, 3.63) is 99.9 Å². The van der Waals surface area contributed by atoms with Gasteiger partial charge in [-0.05, 0) is 23.8 Å². The Labute approximate surface area is 174 Å². The van der Waals surface area contributed by atoms with E-state index in [2.05, 4.69) is 9.88 Å². The molecule has 2 aromatic carbocycles. The molecule has 0 bridgehead atoms. The van der Waals surface area contributed by atoms with Crippen LogP contribution in [0, 0.1) is 10.1 Å². The van der Waals surface area contributed by atoms with Crippen LogP contribution in [0.25, 0.3) is 0 Å². The van der Waals surface area contributed by atoms with Crippen molar-refractivity contribution in [2.24, 2.45) is 0 Å². The topological polar surface area (TPSA) is 79.6 Å². The lowest BCUT2D eigenvalue weighted by molar-refractivity contribution is -0.384. The molecule has 1 fully saturated rings. The summed E-state index contributed by atoms with van der Waals surface area (Å²) in [6.45, 7) is 3.79. The molecule has 7 heteroatoms. The molecule has 0 aliphatic carbocycles. The molecule has 1 aliphatic rings. The summed E-state index contributed by atoms with van der Waals surface area (Å²) in [5.74, 6) is -0.216. The first-order valence-corrected chi connectivity index (χ1v) is 9.86. The second-order valence-corrected chi connectivity index (χ2v) is 7.28. The number of piperazine rings is 1. The normalized spacial score (nSPS) is 14.5. The summed E-state index contributed by atoms with van der Waals surface area (Å²) >= 11 is 0. The summed E-state index contributed by atoms with van der Waals surface area (Å²) in [5, 5.41) is 11.7. The number of anilines is 1. The largest absolute Gasteiger partial charge is 0.363 e. The van der Waals surface area contributed by atoms with Gasteiger partial charge >= 0.3 is 0 Å². The van der Waals surface area contributed by atoms with Gasteiger partial charge in [0.15, 0.2) is 5.78 Å². The first kappa shape index (κ1) is 19.7. The molecule has 1 aromatic heterocycles. The molecule has 0 N–H and O–H groups in total. The van der Waals surface area contributed by atoms with E-state index in [9.17, 15) is 14.9 Å². The molecule has 1 saturated heterocycles. The molecule has 0 amide bonds. The van der Waals surface area contributed by atoms with Crippen LogP contribution in [0.2, 0.25) is 0 Å². The number of aromatic nitrogens is 1. The van der Waals surface area contributed by atoms with Gasteiger partial charge in [0.25, 0.3) is 5.69 Å². The number of ketones is 1.